The molecule has 0 fully saturated rings. The first-order valence-corrected chi connectivity index (χ1v) is 12.3. The Balaban J connectivity index is 1.36. The van der Waals surface area contributed by atoms with E-state index in [1.807, 2.05) is 6.07 Å². The van der Waals surface area contributed by atoms with Gasteiger partial charge in [0.2, 0.25) is 5.91 Å². The Labute approximate surface area is 207 Å². The molecule has 184 valence electrons. The summed E-state index contributed by atoms with van der Waals surface area (Å²) in [6, 6.07) is 6.36. The molecule has 0 aliphatic carbocycles. The third kappa shape index (κ3) is 6.40. The quantitative estimate of drug-likeness (QED) is 0.311. The third-order valence-electron chi connectivity index (χ3n) is 5.13. The van der Waals surface area contributed by atoms with Gasteiger partial charge in [0, 0.05) is 32.0 Å². The highest BCUT2D eigenvalue weighted by atomic mass is 32.1. The van der Waals surface area contributed by atoms with Gasteiger partial charge in [0.1, 0.15) is 5.01 Å². The first kappa shape index (κ1) is 25.2. The number of nitrogens with one attached hydrogen (secondary N) is 1. The molecular formula is C23H22F3N5O2S2. The molecule has 1 atom stereocenters. The Hall–Kier alpha value is -2.93. The van der Waals surface area contributed by atoms with Crippen molar-refractivity contribution in [1.82, 2.24) is 15.0 Å². The van der Waals surface area contributed by atoms with Gasteiger partial charge >= 0.3 is 6.18 Å². The van der Waals surface area contributed by atoms with Crippen molar-refractivity contribution in [2.75, 3.05) is 12.4 Å². The number of carbonyl (C=O) groups is 1. The fraction of sp³-hybridized carbons (Fsp3) is 0.304. The minimum atomic E-state index is -4.37. The summed E-state index contributed by atoms with van der Waals surface area (Å²) in [4.78, 5) is 26.6. The summed E-state index contributed by atoms with van der Waals surface area (Å²) in [6.45, 7) is 0.272. The van der Waals surface area contributed by atoms with E-state index in [1.165, 1.54) is 34.8 Å². The molecule has 3 N–H and O–H groups in total. The maximum Gasteiger partial charge on any atom is 0.416 e. The third-order valence-corrected chi connectivity index (χ3v) is 7.30. The monoisotopic (exact) mass is 521 g/mol. The highest BCUT2D eigenvalue weighted by molar-refractivity contribution is 7.26. The largest absolute Gasteiger partial charge is 0.416 e. The molecule has 3 aromatic heterocycles. The molecule has 7 nitrogen and oxygen atoms in total. The molecule has 0 saturated heterocycles. The van der Waals surface area contributed by atoms with Crippen molar-refractivity contribution < 1.29 is 22.7 Å². The zero-order valence-corrected chi connectivity index (χ0v) is 20.3. The zero-order valence-electron chi connectivity index (χ0n) is 18.6. The van der Waals surface area contributed by atoms with Gasteiger partial charge in [-0.15, -0.1) is 11.3 Å². The summed E-state index contributed by atoms with van der Waals surface area (Å²) >= 11 is 2.81. The van der Waals surface area contributed by atoms with Crippen LogP contribution in [-0.4, -0.2) is 34.0 Å². The van der Waals surface area contributed by atoms with Crippen molar-refractivity contribution in [3.63, 3.8) is 0 Å². The van der Waals surface area contributed by atoms with Gasteiger partial charge in [0.05, 0.1) is 33.0 Å². The molecule has 0 unspecified atom stereocenters. The van der Waals surface area contributed by atoms with Crippen LogP contribution in [0, 0.1) is 0 Å². The number of anilines is 1. The van der Waals surface area contributed by atoms with Gasteiger partial charge in [-0.05, 0) is 36.6 Å². The van der Waals surface area contributed by atoms with Crippen LogP contribution in [-0.2, 0) is 28.7 Å². The van der Waals surface area contributed by atoms with Crippen LogP contribution in [0.4, 0.5) is 18.3 Å². The van der Waals surface area contributed by atoms with E-state index in [1.54, 1.807) is 19.5 Å². The Kier molecular flexibility index (Phi) is 7.75. The van der Waals surface area contributed by atoms with E-state index in [-0.39, 0.29) is 25.0 Å². The summed E-state index contributed by atoms with van der Waals surface area (Å²) in [5.74, 6) is -0.245. The highest BCUT2D eigenvalue weighted by Crippen LogP contribution is 2.38. The smallest absolute Gasteiger partial charge is 0.378 e. The second kappa shape index (κ2) is 10.8. The van der Waals surface area contributed by atoms with Crippen LogP contribution < -0.4 is 11.1 Å². The van der Waals surface area contributed by atoms with E-state index in [9.17, 15) is 18.0 Å². The lowest BCUT2D eigenvalue weighted by Crippen LogP contribution is -2.25. The Bertz CT molecular complexity index is 1270. The molecule has 12 heteroatoms. The average Bonchev–Trinajstić information content (AvgIpc) is 3.41. The second-order valence-corrected chi connectivity index (χ2v) is 9.87. The second-order valence-electron chi connectivity index (χ2n) is 7.84. The lowest BCUT2D eigenvalue weighted by atomic mass is 10.0. The number of hydrogen-bond acceptors (Lipinski definition) is 8. The van der Waals surface area contributed by atoms with Gasteiger partial charge in [-0.3, -0.25) is 9.78 Å². The molecule has 35 heavy (non-hydrogen) atoms. The van der Waals surface area contributed by atoms with Gasteiger partial charge in [0.25, 0.3) is 0 Å². The number of rotatable bonds is 9. The molecule has 1 aromatic carbocycles. The molecule has 4 rings (SSSR count). The number of methoxy groups -OCH3 is 1. The van der Waals surface area contributed by atoms with Crippen LogP contribution >= 0.6 is 22.7 Å². The number of nitrogens with two attached hydrogens (primary N) is 1. The molecule has 0 bridgehead atoms. The number of carbonyl (C=O) groups excluding carboxylic acids is 1. The number of halogens is 3. The molecule has 0 saturated carbocycles. The number of amides is 1. The number of fused-ring (bicyclic) bond motifs is 1. The zero-order chi connectivity index (χ0) is 25.0. The van der Waals surface area contributed by atoms with Crippen molar-refractivity contribution in [1.29, 1.82) is 0 Å². The SMILES string of the molecule is COCc1nc(NC(=O)CC[C@H](N)Cc2ccc(C(F)(F)F)cc2)sc1-c1nc2ccncc2s1. The summed E-state index contributed by atoms with van der Waals surface area (Å²) in [7, 11) is 1.57. The van der Waals surface area contributed by atoms with Gasteiger partial charge in [-0.2, -0.15) is 13.2 Å². The Morgan fingerprint density at radius 3 is 2.63 bits per heavy atom. The summed E-state index contributed by atoms with van der Waals surface area (Å²) in [5.41, 5.74) is 7.61. The van der Waals surface area contributed by atoms with Crippen molar-refractivity contribution in [3.05, 3.63) is 59.5 Å². The lowest BCUT2D eigenvalue weighted by molar-refractivity contribution is -0.137. The number of thiazole rings is 2. The molecule has 0 aliphatic rings. The number of nitrogens with zero attached hydrogens (tertiary/aromatic N) is 3. The number of ether oxygens (including phenoxy) is 1. The van der Waals surface area contributed by atoms with E-state index < -0.39 is 11.7 Å². The first-order valence-electron chi connectivity index (χ1n) is 10.6. The van der Waals surface area contributed by atoms with Gasteiger partial charge in [-0.25, -0.2) is 9.97 Å². The number of benzene rings is 1. The number of hydrogen-bond donors (Lipinski definition) is 2. The number of alkyl halides is 3. The molecule has 1 amide bonds. The maximum atomic E-state index is 12.7. The molecule has 0 aliphatic heterocycles. The summed E-state index contributed by atoms with van der Waals surface area (Å²) in [5, 5.41) is 4.02. The van der Waals surface area contributed by atoms with E-state index >= 15 is 0 Å². The normalized spacial score (nSPS) is 12.7. The van der Waals surface area contributed by atoms with Crippen molar-refractivity contribution in [2.24, 2.45) is 5.73 Å². The minimum absolute atomic E-state index is 0.156. The van der Waals surface area contributed by atoms with Crippen molar-refractivity contribution >= 4 is 43.9 Å². The first-order chi connectivity index (χ1) is 16.7. The molecule has 4 aromatic rings. The molecule has 0 spiro atoms. The van der Waals surface area contributed by atoms with Crippen molar-refractivity contribution in [3.8, 4) is 9.88 Å². The summed E-state index contributed by atoms with van der Waals surface area (Å²) in [6.07, 6.45) is -0.0320. The average molecular weight is 522 g/mol. The number of pyridine rings is 1. The van der Waals surface area contributed by atoms with E-state index in [2.05, 4.69) is 20.3 Å². The van der Waals surface area contributed by atoms with Gasteiger partial charge < -0.3 is 15.8 Å². The standard InChI is InChI=1S/C23H22F3N5O2S2/c1-33-12-17-20(21-29-16-8-9-28-11-18(16)34-21)35-22(30-17)31-19(32)7-6-15(27)10-13-2-4-14(5-3-13)23(24,25)26/h2-5,8-9,11,15H,6-7,10,12,27H2,1H3,(H,30,31,32)/t15-/m0/s1. The molecule has 0 radical (unpaired) electrons. The van der Waals surface area contributed by atoms with Crippen molar-refractivity contribution in [2.45, 2.75) is 38.1 Å². The highest BCUT2D eigenvalue weighted by Gasteiger charge is 2.30. The molecular weight excluding hydrogens is 499 g/mol. The maximum absolute atomic E-state index is 12.7. The predicted molar refractivity (Wildman–Crippen MR) is 130 cm³/mol. The summed E-state index contributed by atoms with van der Waals surface area (Å²) < 4.78 is 44.3. The van der Waals surface area contributed by atoms with Crippen LogP contribution in [0.5, 0.6) is 0 Å². The molecule has 3 heterocycles. The van der Waals surface area contributed by atoms with Crippen LogP contribution in [0.15, 0.2) is 42.7 Å². The van der Waals surface area contributed by atoms with Gasteiger partial charge in [-0.1, -0.05) is 23.5 Å². The van der Waals surface area contributed by atoms with Crippen LogP contribution in [0.2, 0.25) is 0 Å². The van der Waals surface area contributed by atoms with Crippen LogP contribution in [0.3, 0.4) is 0 Å². The Morgan fingerprint density at radius 1 is 1.17 bits per heavy atom. The van der Waals surface area contributed by atoms with E-state index in [0.717, 1.165) is 32.2 Å². The topological polar surface area (TPSA) is 103 Å². The predicted octanol–water partition coefficient (Wildman–Crippen LogP) is 5.27. The van der Waals surface area contributed by atoms with Gasteiger partial charge in [0.15, 0.2) is 5.13 Å². The number of aromatic nitrogens is 3. The van der Waals surface area contributed by atoms with Crippen LogP contribution in [0.25, 0.3) is 20.1 Å². The fourth-order valence-corrected chi connectivity index (χ4v) is 5.43. The van der Waals surface area contributed by atoms with Crippen LogP contribution in [0.1, 0.15) is 29.7 Å². The Morgan fingerprint density at radius 2 is 1.94 bits per heavy atom. The van der Waals surface area contributed by atoms with E-state index in [0.29, 0.717) is 29.2 Å². The minimum Gasteiger partial charge on any atom is -0.378 e. The van der Waals surface area contributed by atoms with E-state index in [4.69, 9.17) is 10.5 Å². The lowest BCUT2D eigenvalue weighted by Gasteiger charge is -2.12. The fourth-order valence-electron chi connectivity index (χ4n) is 3.42.